The van der Waals surface area contributed by atoms with E-state index in [1.807, 2.05) is 0 Å². The quantitative estimate of drug-likeness (QED) is 0.469. The Morgan fingerprint density at radius 3 is 2.33 bits per heavy atom. The van der Waals surface area contributed by atoms with Crippen LogP contribution in [-0.2, 0) is 4.79 Å². The Balaban J connectivity index is 3.72. The van der Waals surface area contributed by atoms with Gasteiger partial charge in [-0.15, -0.1) is 0 Å². The molecule has 0 radical (unpaired) electrons. The molecule has 0 aliphatic rings. The maximum atomic E-state index is 10.0. The van der Waals surface area contributed by atoms with Crippen LogP contribution < -0.4 is 5.73 Å². The minimum absolute atomic E-state index is 0.369. The molecule has 0 rings (SSSR count). The smallest absolute Gasteiger partial charge is 0.323 e. The van der Waals surface area contributed by atoms with E-state index in [1.165, 1.54) is 0 Å². The molecule has 2 atom stereocenters. The van der Waals surface area contributed by atoms with Gasteiger partial charge in [0.05, 0.1) is 6.10 Å². The fourth-order valence-electron chi connectivity index (χ4n) is 0.419. The van der Waals surface area contributed by atoms with Gasteiger partial charge in [-0.3, -0.25) is 4.79 Å². The van der Waals surface area contributed by atoms with Crippen molar-refractivity contribution in [3.8, 4) is 0 Å². The summed E-state index contributed by atoms with van der Waals surface area (Å²) >= 11 is 0. The average Bonchev–Trinajstić information content (AvgIpc) is 1.84. The Morgan fingerprint density at radius 1 is 1.78 bits per heavy atom. The van der Waals surface area contributed by atoms with Crippen molar-refractivity contribution < 1.29 is 15.0 Å². The van der Waals surface area contributed by atoms with Crippen LogP contribution in [0.4, 0.5) is 0 Å². The van der Waals surface area contributed by atoms with Gasteiger partial charge >= 0.3 is 5.97 Å². The Morgan fingerprint density at radius 2 is 2.22 bits per heavy atom. The number of hydrogen-bond acceptors (Lipinski definition) is 3. The lowest BCUT2D eigenvalue weighted by molar-refractivity contribution is -0.141. The number of rotatable bonds is 3. The second-order valence-corrected chi connectivity index (χ2v) is 1.84. The summed E-state index contributed by atoms with van der Waals surface area (Å²) in [6.45, 7) is 1.67. The maximum Gasteiger partial charge on any atom is 0.323 e. The van der Waals surface area contributed by atoms with Crippen molar-refractivity contribution in [2.45, 2.75) is 25.5 Å². The van der Waals surface area contributed by atoms with E-state index in [2.05, 4.69) is 0 Å². The number of aliphatic hydroxyl groups is 1. The zero-order valence-electron chi connectivity index (χ0n) is 5.24. The number of carbonyl (C=O) groups is 1. The van der Waals surface area contributed by atoms with Gasteiger partial charge in [0.1, 0.15) is 6.04 Å². The van der Waals surface area contributed by atoms with Crippen molar-refractivity contribution in [3.05, 3.63) is 0 Å². The molecule has 54 valence electrons. The molecule has 4 heteroatoms. The largest absolute Gasteiger partial charge is 0.480 e. The van der Waals surface area contributed by atoms with E-state index in [4.69, 9.17) is 15.9 Å². The number of aliphatic hydroxyl groups excluding tert-OH is 1. The molecule has 0 amide bonds. The monoisotopic (exact) mass is 133 g/mol. The fourth-order valence-corrected chi connectivity index (χ4v) is 0.419. The van der Waals surface area contributed by atoms with E-state index in [0.29, 0.717) is 6.42 Å². The molecular formula is C5H11NO3. The Labute approximate surface area is 53.3 Å². The second kappa shape index (κ2) is 3.42. The van der Waals surface area contributed by atoms with Crippen LogP contribution in [-0.4, -0.2) is 28.3 Å². The third-order valence-corrected chi connectivity index (χ3v) is 1.12. The van der Waals surface area contributed by atoms with Gasteiger partial charge in [-0.2, -0.15) is 0 Å². The second-order valence-electron chi connectivity index (χ2n) is 1.84. The predicted molar refractivity (Wildman–Crippen MR) is 31.9 cm³/mol. The van der Waals surface area contributed by atoms with Gasteiger partial charge < -0.3 is 15.9 Å². The molecule has 0 aliphatic heterocycles. The highest BCUT2D eigenvalue weighted by atomic mass is 16.4. The molecule has 0 saturated heterocycles. The first kappa shape index (κ1) is 8.39. The van der Waals surface area contributed by atoms with Crippen molar-refractivity contribution in [3.63, 3.8) is 0 Å². The van der Waals surface area contributed by atoms with Crippen LogP contribution in [0, 0.1) is 0 Å². The highest BCUT2D eigenvalue weighted by molar-refractivity contribution is 5.73. The lowest BCUT2D eigenvalue weighted by Crippen LogP contribution is -2.41. The lowest BCUT2D eigenvalue weighted by Gasteiger charge is -2.10. The third kappa shape index (κ3) is 2.43. The van der Waals surface area contributed by atoms with Gasteiger partial charge in [0.25, 0.3) is 0 Å². The zero-order chi connectivity index (χ0) is 7.44. The zero-order valence-corrected chi connectivity index (χ0v) is 5.24. The predicted octanol–water partition coefficient (Wildman–Crippen LogP) is -0.831. The van der Waals surface area contributed by atoms with Gasteiger partial charge in [-0.25, -0.2) is 0 Å². The summed E-state index contributed by atoms with van der Waals surface area (Å²) in [6, 6.07) is -1.14. The van der Waals surface area contributed by atoms with Crippen molar-refractivity contribution in [1.29, 1.82) is 0 Å². The lowest BCUT2D eigenvalue weighted by atomic mass is 10.1. The first-order chi connectivity index (χ1) is 4.09. The summed E-state index contributed by atoms with van der Waals surface area (Å²) in [6.07, 6.45) is -0.560. The van der Waals surface area contributed by atoms with Crippen LogP contribution in [0.3, 0.4) is 0 Å². The Kier molecular flexibility index (Phi) is 3.19. The number of carboxylic acid groups (broad SMARTS) is 1. The van der Waals surface area contributed by atoms with E-state index >= 15 is 0 Å². The molecule has 0 spiro atoms. The van der Waals surface area contributed by atoms with Gasteiger partial charge in [-0.05, 0) is 6.42 Å². The highest BCUT2D eigenvalue weighted by Crippen LogP contribution is 1.94. The van der Waals surface area contributed by atoms with E-state index in [1.54, 1.807) is 6.92 Å². The summed E-state index contributed by atoms with van der Waals surface area (Å²) in [4.78, 5) is 10.0. The summed E-state index contributed by atoms with van der Waals surface area (Å²) in [5, 5.41) is 17.0. The summed E-state index contributed by atoms with van der Waals surface area (Å²) in [5.74, 6) is -1.16. The molecule has 4 nitrogen and oxygen atoms in total. The van der Waals surface area contributed by atoms with Crippen molar-refractivity contribution >= 4 is 5.97 Å². The molecule has 0 aromatic rings. The molecule has 0 aromatic carbocycles. The molecule has 0 heterocycles. The van der Waals surface area contributed by atoms with Gasteiger partial charge in [0.15, 0.2) is 0 Å². The van der Waals surface area contributed by atoms with E-state index in [0.717, 1.165) is 0 Å². The van der Waals surface area contributed by atoms with Crippen molar-refractivity contribution in [2.75, 3.05) is 0 Å². The normalized spacial score (nSPS) is 16.8. The van der Waals surface area contributed by atoms with Crippen molar-refractivity contribution in [2.24, 2.45) is 5.73 Å². The van der Waals surface area contributed by atoms with Crippen molar-refractivity contribution in [1.82, 2.24) is 0 Å². The van der Waals surface area contributed by atoms with Gasteiger partial charge in [0, 0.05) is 0 Å². The molecule has 0 fully saturated rings. The van der Waals surface area contributed by atoms with Crippen LogP contribution >= 0.6 is 0 Å². The van der Waals surface area contributed by atoms with E-state index in [-0.39, 0.29) is 0 Å². The summed E-state index contributed by atoms with van der Waals surface area (Å²) < 4.78 is 0. The van der Waals surface area contributed by atoms with Crippen LogP contribution in [0.1, 0.15) is 13.3 Å². The number of aliphatic carboxylic acids is 1. The maximum absolute atomic E-state index is 10.0. The van der Waals surface area contributed by atoms with Crippen LogP contribution in [0.15, 0.2) is 0 Å². The molecule has 9 heavy (non-hydrogen) atoms. The molecule has 0 aromatic heterocycles. The summed E-state index contributed by atoms with van der Waals surface area (Å²) in [5.41, 5.74) is 5.02. The van der Waals surface area contributed by atoms with Gasteiger partial charge in [0.2, 0.25) is 0 Å². The first-order valence-corrected chi connectivity index (χ1v) is 2.76. The summed E-state index contributed by atoms with van der Waals surface area (Å²) in [7, 11) is 0. The standard InChI is InChI=1S/C5H11NO3/c1-2-3(7)4(6)5(8)9/h3-4,7H,2,6H2,1H3,(H,8,9)/t3?,4-/m1/s1. The molecule has 1 unspecified atom stereocenters. The topological polar surface area (TPSA) is 83.5 Å². The van der Waals surface area contributed by atoms with Crippen LogP contribution in [0.25, 0.3) is 0 Å². The number of nitrogens with two attached hydrogens (primary N) is 1. The molecule has 0 bridgehead atoms. The molecule has 0 saturated carbocycles. The third-order valence-electron chi connectivity index (χ3n) is 1.12. The number of hydrogen-bond donors (Lipinski definition) is 3. The van der Waals surface area contributed by atoms with Crippen LogP contribution in [0.5, 0.6) is 0 Å². The first-order valence-electron chi connectivity index (χ1n) is 2.76. The Hall–Kier alpha value is -0.610. The minimum Gasteiger partial charge on any atom is -0.480 e. The van der Waals surface area contributed by atoms with E-state index in [9.17, 15) is 4.79 Å². The molecule has 4 N–H and O–H groups in total. The van der Waals surface area contributed by atoms with E-state index < -0.39 is 18.1 Å². The SMILES string of the molecule is CCC(O)[C@@H](N)C(=O)O. The van der Waals surface area contributed by atoms with Gasteiger partial charge in [-0.1, -0.05) is 6.92 Å². The number of carboxylic acids is 1. The Bertz CT molecular complexity index is 104. The molecular weight excluding hydrogens is 122 g/mol. The molecule has 0 aliphatic carbocycles. The highest BCUT2D eigenvalue weighted by Gasteiger charge is 2.19. The average molecular weight is 133 g/mol. The minimum atomic E-state index is -1.16. The fraction of sp³-hybridized carbons (Fsp3) is 0.800. The van der Waals surface area contributed by atoms with Crippen LogP contribution in [0.2, 0.25) is 0 Å².